The van der Waals surface area contributed by atoms with Crippen molar-refractivity contribution in [1.29, 1.82) is 0 Å². The summed E-state index contributed by atoms with van der Waals surface area (Å²) in [7, 11) is 0. The van der Waals surface area contributed by atoms with Crippen LogP contribution in [0.4, 0.5) is 5.82 Å². The van der Waals surface area contributed by atoms with Gasteiger partial charge in [-0.25, -0.2) is 4.98 Å². The third kappa shape index (κ3) is 3.60. The molecule has 1 aromatic rings. The van der Waals surface area contributed by atoms with Crippen LogP contribution in [0.5, 0.6) is 0 Å². The van der Waals surface area contributed by atoms with E-state index in [1.807, 2.05) is 0 Å². The van der Waals surface area contributed by atoms with Gasteiger partial charge in [0.25, 0.3) is 5.56 Å². The van der Waals surface area contributed by atoms with Gasteiger partial charge >= 0.3 is 0 Å². The van der Waals surface area contributed by atoms with Gasteiger partial charge in [0, 0.05) is 32.0 Å². The Balaban J connectivity index is 2.17. The van der Waals surface area contributed by atoms with E-state index < -0.39 is 0 Å². The van der Waals surface area contributed by atoms with Crippen LogP contribution in [0.25, 0.3) is 0 Å². The minimum atomic E-state index is 0.0367. The van der Waals surface area contributed by atoms with Crippen molar-refractivity contribution in [1.82, 2.24) is 9.55 Å². The van der Waals surface area contributed by atoms with Gasteiger partial charge in [-0.05, 0) is 37.6 Å². The smallest absolute Gasteiger partial charge is 0.293 e. The lowest BCUT2D eigenvalue weighted by Gasteiger charge is -2.33. The first-order valence-corrected chi connectivity index (χ1v) is 7.62. The summed E-state index contributed by atoms with van der Waals surface area (Å²) in [4.78, 5) is 19.0. The molecule has 0 amide bonds. The molecule has 1 aliphatic rings. The van der Waals surface area contributed by atoms with Gasteiger partial charge in [0.05, 0.1) is 0 Å². The lowest BCUT2D eigenvalue weighted by Crippen LogP contribution is -2.41. The summed E-state index contributed by atoms with van der Waals surface area (Å²) in [6, 6.07) is 0. The van der Waals surface area contributed by atoms with Crippen LogP contribution in [0.1, 0.15) is 33.1 Å². The van der Waals surface area contributed by atoms with Gasteiger partial charge in [0.2, 0.25) is 0 Å². The van der Waals surface area contributed by atoms with Crippen LogP contribution in [-0.2, 0) is 6.54 Å². The zero-order valence-electron chi connectivity index (χ0n) is 12.6. The topological polar surface area (TPSA) is 64.2 Å². The fourth-order valence-electron chi connectivity index (χ4n) is 2.92. The van der Waals surface area contributed by atoms with Gasteiger partial charge in [-0.2, -0.15) is 0 Å². The summed E-state index contributed by atoms with van der Waals surface area (Å²) in [5, 5.41) is 0. The first kappa shape index (κ1) is 15.0. The van der Waals surface area contributed by atoms with Crippen molar-refractivity contribution in [3.63, 3.8) is 0 Å². The van der Waals surface area contributed by atoms with Gasteiger partial charge in [-0.15, -0.1) is 0 Å². The van der Waals surface area contributed by atoms with Crippen molar-refractivity contribution in [3.05, 3.63) is 22.7 Å². The Labute approximate surface area is 120 Å². The number of hydrogen-bond donors (Lipinski definition) is 1. The number of anilines is 1. The minimum Gasteiger partial charge on any atom is -0.352 e. The molecular weight excluding hydrogens is 252 g/mol. The number of nitrogens with zero attached hydrogens (tertiary/aromatic N) is 3. The van der Waals surface area contributed by atoms with Crippen LogP contribution in [-0.4, -0.2) is 29.2 Å². The molecule has 0 saturated carbocycles. The maximum atomic E-state index is 12.5. The Bertz CT molecular complexity index is 481. The van der Waals surface area contributed by atoms with Gasteiger partial charge in [0.15, 0.2) is 5.82 Å². The van der Waals surface area contributed by atoms with Crippen LogP contribution >= 0.6 is 0 Å². The number of aromatic nitrogens is 2. The molecule has 1 unspecified atom stereocenters. The van der Waals surface area contributed by atoms with Crippen molar-refractivity contribution in [3.8, 4) is 0 Å². The molecule has 112 valence electrons. The summed E-state index contributed by atoms with van der Waals surface area (Å²) in [6.45, 7) is 7.53. The lowest BCUT2D eigenvalue weighted by atomic mass is 9.95. The quantitative estimate of drug-likeness (QED) is 0.885. The third-order valence-electron chi connectivity index (χ3n) is 3.85. The predicted octanol–water partition coefficient (Wildman–Crippen LogP) is 1.46. The van der Waals surface area contributed by atoms with Gasteiger partial charge in [0.1, 0.15) is 0 Å². The highest BCUT2D eigenvalue weighted by atomic mass is 16.1. The first-order chi connectivity index (χ1) is 9.61. The molecule has 2 heterocycles. The molecule has 0 spiro atoms. The number of rotatable bonds is 5. The van der Waals surface area contributed by atoms with Crippen LogP contribution in [0.3, 0.4) is 0 Å². The monoisotopic (exact) mass is 278 g/mol. The molecule has 2 N–H and O–H groups in total. The Hall–Kier alpha value is -1.36. The minimum absolute atomic E-state index is 0.0367. The maximum Gasteiger partial charge on any atom is 0.293 e. The second kappa shape index (κ2) is 6.88. The Kier molecular flexibility index (Phi) is 5.17. The van der Waals surface area contributed by atoms with Crippen LogP contribution in [0.2, 0.25) is 0 Å². The van der Waals surface area contributed by atoms with Crippen LogP contribution in [0.15, 0.2) is 17.2 Å². The first-order valence-electron chi connectivity index (χ1n) is 7.62. The molecule has 1 fully saturated rings. The Morgan fingerprint density at radius 2 is 2.30 bits per heavy atom. The van der Waals surface area contributed by atoms with E-state index in [9.17, 15) is 4.79 Å². The van der Waals surface area contributed by atoms with Crippen molar-refractivity contribution in [2.45, 2.75) is 39.7 Å². The maximum absolute atomic E-state index is 12.5. The average Bonchev–Trinajstić information content (AvgIpc) is 2.41. The average molecular weight is 278 g/mol. The van der Waals surface area contributed by atoms with E-state index in [1.54, 1.807) is 17.0 Å². The number of nitrogens with two attached hydrogens (primary N) is 1. The van der Waals surface area contributed by atoms with E-state index in [4.69, 9.17) is 5.73 Å². The van der Waals surface area contributed by atoms with E-state index in [-0.39, 0.29) is 5.56 Å². The van der Waals surface area contributed by atoms with Crippen molar-refractivity contribution < 1.29 is 0 Å². The number of hydrogen-bond acceptors (Lipinski definition) is 4. The van der Waals surface area contributed by atoms with Crippen LogP contribution in [0, 0.1) is 11.8 Å². The van der Waals surface area contributed by atoms with Crippen molar-refractivity contribution >= 4 is 5.82 Å². The summed E-state index contributed by atoms with van der Waals surface area (Å²) in [5.41, 5.74) is 5.69. The standard InChI is InChI=1S/C15H26N4O/c1-12(2)10-19-9-7-17-14(15(19)20)18-8-3-4-13(11-18)5-6-16/h7,9,12-13H,3-6,8,10-11,16H2,1-2H3. The number of piperidine rings is 1. The molecule has 0 radical (unpaired) electrons. The summed E-state index contributed by atoms with van der Waals surface area (Å²) in [5.74, 6) is 1.65. The summed E-state index contributed by atoms with van der Waals surface area (Å²) in [6.07, 6.45) is 6.88. The van der Waals surface area contributed by atoms with E-state index in [1.165, 1.54) is 6.42 Å². The van der Waals surface area contributed by atoms with Crippen LogP contribution < -0.4 is 16.2 Å². The molecule has 20 heavy (non-hydrogen) atoms. The second-order valence-corrected chi connectivity index (χ2v) is 6.13. The zero-order chi connectivity index (χ0) is 14.5. The van der Waals surface area contributed by atoms with E-state index >= 15 is 0 Å². The highest BCUT2D eigenvalue weighted by Gasteiger charge is 2.22. The molecule has 2 rings (SSSR count). The molecule has 1 aliphatic heterocycles. The fraction of sp³-hybridized carbons (Fsp3) is 0.733. The molecule has 1 aromatic heterocycles. The lowest BCUT2D eigenvalue weighted by molar-refractivity contribution is 0.392. The molecule has 1 saturated heterocycles. The van der Waals surface area contributed by atoms with Gasteiger partial charge in [-0.1, -0.05) is 13.8 Å². The molecule has 0 aliphatic carbocycles. The van der Waals surface area contributed by atoms with E-state index in [0.717, 1.165) is 39.0 Å². The molecule has 5 nitrogen and oxygen atoms in total. The Morgan fingerprint density at radius 1 is 1.50 bits per heavy atom. The highest BCUT2D eigenvalue weighted by Crippen LogP contribution is 2.21. The molecule has 5 heteroatoms. The fourth-order valence-corrected chi connectivity index (χ4v) is 2.92. The zero-order valence-corrected chi connectivity index (χ0v) is 12.6. The van der Waals surface area contributed by atoms with E-state index in [2.05, 4.69) is 23.7 Å². The SMILES string of the molecule is CC(C)Cn1ccnc(N2CCCC(CCN)C2)c1=O. The Morgan fingerprint density at radius 3 is 3.00 bits per heavy atom. The summed E-state index contributed by atoms with van der Waals surface area (Å²) >= 11 is 0. The summed E-state index contributed by atoms with van der Waals surface area (Å²) < 4.78 is 1.78. The normalized spacial score (nSPS) is 19.6. The van der Waals surface area contributed by atoms with Crippen molar-refractivity contribution in [2.75, 3.05) is 24.5 Å². The second-order valence-electron chi connectivity index (χ2n) is 6.13. The van der Waals surface area contributed by atoms with Gasteiger partial charge in [-0.3, -0.25) is 4.79 Å². The van der Waals surface area contributed by atoms with Crippen molar-refractivity contribution in [2.24, 2.45) is 17.6 Å². The molecular formula is C15H26N4O. The third-order valence-corrected chi connectivity index (χ3v) is 3.85. The molecule has 0 aromatic carbocycles. The molecule has 0 bridgehead atoms. The molecule has 1 atom stereocenters. The highest BCUT2D eigenvalue weighted by molar-refractivity contribution is 5.36. The van der Waals surface area contributed by atoms with E-state index in [0.29, 0.717) is 17.7 Å². The predicted molar refractivity (Wildman–Crippen MR) is 81.9 cm³/mol. The largest absolute Gasteiger partial charge is 0.352 e. The van der Waals surface area contributed by atoms with Gasteiger partial charge < -0.3 is 15.2 Å².